The molecule has 3 rings (SSSR count). The van der Waals surface area contributed by atoms with Crippen LogP contribution < -0.4 is 10.1 Å². The molecule has 0 amide bonds. The van der Waals surface area contributed by atoms with Gasteiger partial charge in [0.1, 0.15) is 5.75 Å². The maximum Gasteiger partial charge on any atom is 0.128 e. The summed E-state index contributed by atoms with van der Waals surface area (Å²) >= 11 is 0. The Morgan fingerprint density at radius 2 is 1.92 bits per heavy atom. The van der Waals surface area contributed by atoms with Crippen molar-refractivity contribution >= 4 is 24.8 Å². The van der Waals surface area contributed by atoms with E-state index in [4.69, 9.17) is 9.72 Å². The molecule has 1 aliphatic heterocycles. The van der Waals surface area contributed by atoms with Gasteiger partial charge in [0.25, 0.3) is 0 Å². The van der Waals surface area contributed by atoms with E-state index < -0.39 is 0 Å². The maximum atomic E-state index is 5.57. The van der Waals surface area contributed by atoms with Crippen LogP contribution in [0.5, 0.6) is 5.75 Å². The van der Waals surface area contributed by atoms with Crippen molar-refractivity contribution in [2.75, 3.05) is 26.7 Å². The van der Waals surface area contributed by atoms with Gasteiger partial charge in [-0.25, -0.2) is 0 Å². The lowest BCUT2D eigenvalue weighted by Crippen LogP contribution is -2.61. The van der Waals surface area contributed by atoms with Gasteiger partial charge in [0.15, 0.2) is 0 Å². The average molecular weight is 376 g/mol. The fourth-order valence-electron chi connectivity index (χ4n) is 4.24. The first-order valence-electron chi connectivity index (χ1n) is 8.61. The molecular formula is C18H31Cl2N3O. The molecule has 0 bridgehead atoms. The Bertz CT molecular complexity index is 525. The Labute approximate surface area is 158 Å². The molecule has 2 fully saturated rings. The molecule has 1 aromatic heterocycles. The molecule has 1 saturated carbocycles. The number of pyridine rings is 1. The summed E-state index contributed by atoms with van der Waals surface area (Å²) < 4.78 is 5.57. The number of ether oxygens (including phenoxy) is 1. The number of rotatable bonds is 3. The zero-order valence-corrected chi connectivity index (χ0v) is 16.7. The van der Waals surface area contributed by atoms with Crippen molar-refractivity contribution in [1.82, 2.24) is 15.2 Å². The lowest BCUT2D eigenvalue weighted by atomic mass is 9.79. The van der Waals surface area contributed by atoms with Gasteiger partial charge in [-0.05, 0) is 26.7 Å². The quantitative estimate of drug-likeness (QED) is 0.874. The predicted molar refractivity (Wildman–Crippen MR) is 104 cm³/mol. The third-order valence-corrected chi connectivity index (χ3v) is 5.56. The average Bonchev–Trinajstić information content (AvgIpc) is 2.53. The highest BCUT2D eigenvalue weighted by Gasteiger charge is 2.39. The van der Waals surface area contributed by atoms with Crippen LogP contribution in [0.2, 0.25) is 0 Å². The summed E-state index contributed by atoms with van der Waals surface area (Å²) in [6, 6.07) is 0. The summed E-state index contributed by atoms with van der Waals surface area (Å²) in [7, 11) is 1.76. The minimum atomic E-state index is 0. The highest BCUT2D eigenvalue weighted by molar-refractivity contribution is 5.85. The number of piperazine rings is 1. The van der Waals surface area contributed by atoms with Crippen LogP contribution in [0.1, 0.15) is 48.9 Å². The van der Waals surface area contributed by atoms with Gasteiger partial charge >= 0.3 is 0 Å². The van der Waals surface area contributed by atoms with E-state index >= 15 is 0 Å². The van der Waals surface area contributed by atoms with Crippen LogP contribution in [-0.4, -0.2) is 42.2 Å². The van der Waals surface area contributed by atoms with Gasteiger partial charge in [0, 0.05) is 49.0 Å². The normalized spacial score (nSPS) is 20.1. The van der Waals surface area contributed by atoms with Crippen molar-refractivity contribution in [2.45, 2.75) is 58.0 Å². The van der Waals surface area contributed by atoms with E-state index in [1.54, 1.807) is 7.11 Å². The number of aromatic nitrogens is 1. The molecule has 0 unspecified atom stereocenters. The number of nitrogens with zero attached hydrogens (tertiary/aromatic N) is 2. The molecule has 0 radical (unpaired) electrons. The first kappa shape index (κ1) is 21.5. The molecule has 2 heterocycles. The van der Waals surface area contributed by atoms with E-state index in [0.29, 0.717) is 5.54 Å². The smallest absolute Gasteiger partial charge is 0.128 e. The summed E-state index contributed by atoms with van der Waals surface area (Å²) in [5.41, 5.74) is 3.85. The minimum absolute atomic E-state index is 0. The zero-order chi connectivity index (χ0) is 15.6. The SMILES string of the molecule is COc1c(C)cnc(CN2CCNCC23CCCCC3)c1C.Cl.Cl. The molecule has 6 heteroatoms. The minimum Gasteiger partial charge on any atom is -0.496 e. The molecule has 24 heavy (non-hydrogen) atoms. The van der Waals surface area contributed by atoms with Crippen molar-refractivity contribution in [3.63, 3.8) is 0 Å². The Morgan fingerprint density at radius 1 is 1.21 bits per heavy atom. The number of aryl methyl sites for hydroxylation is 1. The fourth-order valence-corrected chi connectivity index (χ4v) is 4.24. The van der Waals surface area contributed by atoms with Crippen molar-refractivity contribution in [2.24, 2.45) is 0 Å². The van der Waals surface area contributed by atoms with Crippen molar-refractivity contribution in [3.8, 4) is 5.75 Å². The standard InChI is InChI=1S/C18H29N3O.2ClH/c1-14-11-20-16(15(2)17(14)22-3)12-21-10-9-19-13-18(21)7-5-4-6-8-18;;/h11,19H,4-10,12-13H2,1-3H3;2*1H. The van der Waals surface area contributed by atoms with Crippen LogP contribution in [0.25, 0.3) is 0 Å². The third-order valence-electron chi connectivity index (χ3n) is 5.56. The van der Waals surface area contributed by atoms with Crippen molar-refractivity contribution in [3.05, 3.63) is 23.0 Å². The molecule has 0 atom stereocenters. The van der Waals surface area contributed by atoms with Crippen LogP contribution in [0.15, 0.2) is 6.20 Å². The van der Waals surface area contributed by atoms with E-state index in [-0.39, 0.29) is 24.8 Å². The van der Waals surface area contributed by atoms with E-state index in [0.717, 1.165) is 37.5 Å². The molecule has 1 spiro atoms. The number of halogens is 2. The highest BCUT2D eigenvalue weighted by atomic mass is 35.5. The number of nitrogens with one attached hydrogen (secondary N) is 1. The summed E-state index contributed by atoms with van der Waals surface area (Å²) in [6.07, 6.45) is 8.72. The fraction of sp³-hybridized carbons (Fsp3) is 0.722. The highest BCUT2D eigenvalue weighted by Crippen LogP contribution is 2.36. The first-order valence-corrected chi connectivity index (χ1v) is 8.61. The van der Waals surface area contributed by atoms with Gasteiger partial charge in [-0.1, -0.05) is 19.3 Å². The summed E-state index contributed by atoms with van der Waals surface area (Å²) in [5.74, 6) is 0.998. The molecule has 2 aliphatic rings. The molecule has 138 valence electrons. The first-order chi connectivity index (χ1) is 10.7. The number of hydrogen-bond acceptors (Lipinski definition) is 4. The summed E-state index contributed by atoms with van der Waals surface area (Å²) in [5, 5.41) is 3.62. The Hall–Kier alpha value is -0.550. The molecular weight excluding hydrogens is 345 g/mol. The molecule has 1 aromatic rings. The monoisotopic (exact) mass is 375 g/mol. The van der Waals surface area contributed by atoms with Crippen molar-refractivity contribution < 1.29 is 4.74 Å². The van der Waals surface area contributed by atoms with E-state index in [2.05, 4.69) is 24.1 Å². The van der Waals surface area contributed by atoms with Crippen LogP contribution in [-0.2, 0) is 6.54 Å². The van der Waals surface area contributed by atoms with Gasteiger partial charge in [-0.15, -0.1) is 24.8 Å². The van der Waals surface area contributed by atoms with Crippen molar-refractivity contribution in [1.29, 1.82) is 0 Å². The zero-order valence-electron chi connectivity index (χ0n) is 15.1. The molecule has 1 saturated heterocycles. The van der Waals surface area contributed by atoms with Gasteiger partial charge < -0.3 is 10.1 Å². The van der Waals surface area contributed by atoms with E-state index in [1.165, 1.54) is 43.4 Å². The molecule has 1 aliphatic carbocycles. The number of hydrogen-bond donors (Lipinski definition) is 1. The lowest BCUT2D eigenvalue weighted by molar-refractivity contribution is 0.0197. The largest absolute Gasteiger partial charge is 0.496 e. The lowest BCUT2D eigenvalue weighted by Gasteiger charge is -2.50. The summed E-state index contributed by atoms with van der Waals surface area (Å²) in [6.45, 7) is 8.50. The Balaban J connectivity index is 0.00000144. The van der Waals surface area contributed by atoms with E-state index in [9.17, 15) is 0 Å². The summed E-state index contributed by atoms with van der Waals surface area (Å²) in [4.78, 5) is 7.40. The van der Waals surface area contributed by atoms with Gasteiger partial charge in [0.2, 0.25) is 0 Å². The third kappa shape index (κ3) is 4.16. The molecule has 1 N–H and O–H groups in total. The Morgan fingerprint density at radius 3 is 2.58 bits per heavy atom. The van der Waals surface area contributed by atoms with Crippen LogP contribution in [0, 0.1) is 13.8 Å². The topological polar surface area (TPSA) is 37.4 Å². The van der Waals surface area contributed by atoms with Crippen LogP contribution in [0.4, 0.5) is 0 Å². The van der Waals surface area contributed by atoms with E-state index in [1.807, 2.05) is 6.20 Å². The van der Waals surface area contributed by atoms with Crippen LogP contribution >= 0.6 is 24.8 Å². The van der Waals surface area contributed by atoms with Gasteiger partial charge in [0.05, 0.1) is 12.8 Å². The second-order valence-electron chi connectivity index (χ2n) is 6.93. The molecule has 4 nitrogen and oxygen atoms in total. The second kappa shape index (κ2) is 9.23. The second-order valence-corrected chi connectivity index (χ2v) is 6.93. The van der Waals surface area contributed by atoms with Gasteiger partial charge in [-0.3, -0.25) is 9.88 Å². The van der Waals surface area contributed by atoms with Gasteiger partial charge in [-0.2, -0.15) is 0 Å². The molecule has 0 aromatic carbocycles. The number of methoxy groups -OCH3 is 1. The maximum absolute atomic E-state index is 5.57. The Kier molecular flexibility index (Phi) is 8.27. The predicted octanol–water partition coefficient (Wildman–Crippen LogP) is 3.66. The van der Waals surface area contributed by atoms with Crippen LogP contribution in [0.3, 0.4) is 0 Å².